The molecule has 0 saturated carbocycles. The van der Waals surface area contributed by atoms with E-state index in [4.69, 9.17) is 0 Å². The average Bonchev–Trinajstić information content (AvgIpc) is 2.30. The third-order valence-corrected chi connectivity index (χ3v) is 5.63. The van der Waals surface area contributed by atoms with Gasteiger partial charge in [0.15, 0.2) is 9.84 Å². The Hall–Kier alpha value is -0.720. The molecule has 1 fully saturated rings. The molecule has 1 N–H and O–H groups in total. The van der Waals surface area contributed by atoms with Crippen molar-refractivity contribution >= 4 is 31.6 Å². The van der Waals surface area contributed by atoms with Gasteiger partial charge in [-0.15, -0.1) is 0 Å². The van der Waals surface area contributed by atoms with Crippen LogP contribution in [0.3, 0.4) is 0 Å². The maximum Gasteiger partial charge on any atom is 0.153 e. The Bertz CT molecular complexity index is 571. The van der Waals surface area contributed by atoms with Crippen LogP contribution in [0, 0.1) is 0 Å². The summed E-state index contributed by atoms with van der Waals surface area (Å²) >= 11 is 3.40. The first kappa shape index (κ1) is 14.7. The van der Waals surface area contributed by atoms with E-state index in [2.05, 4.69) is 21.2 Å². The third-order valence-electron chi connectivity index (χ3n) is 3.12. The van der Waals surface area contributed by atoms with Crippen molar-refractivity contribution in [2.75, 3.05) is 18.1 Å². The van der Waals surface area contributed by atoms with Crippen molar-refractivity contribution in [3.8, 4) is 0 Å². The summed E-state index contributed by atoms with van der Waals surface area (Å²) < 4.78 is 23.9. The van der Waals surface area contributed by atoms with Crippen molar-refractivity contribution in [3.05, 3.63) is 34.3 Å². The summed E-state index contributed by atoms with van der Waals surface area (Å²) in [6.45, 7) is 0.440. The molecule has 1 saturated heterocycles. The molecule has 0 aliphatic carbocycles. The van der Waals surface area contributed by atoms with Crippen LogP contribution >= 0.6 is 15.9 Å². The molecular formula is C13H16BrNO3S. The summed E-state index contributed by atoms with van der Waals surface area (Å²) in [6, 6.07) is 7.33. The molecule has 1 aliphatic rings. The van der Waals surface area contributed by atoms with Gasteiger partial charge in [-0.3, -0.25) is 4.79 Å². The molecule has 19 heavy (non-hydrogen) atoms. The fourth-order valence-corrected chi connectivity index (χ4v) is 4.07. The molecule has 1 unspecified atom stereocenters. The van der Waals surface area contributed by atoms with Crippen LogP contribution in [0.5, 0.6) is 0 Å². The zero-order valence-electron chi connectivity index (χ0n) is 10.4. The third kappa shape index (κ3) is 4.40. The number of halogens is 1. The summed E-state index contributed by atoms with van der Waals surface area (Å²) in [5, 5.41) is 3.09. The average molecular weight is 346 g/mol. The minimum atomic E-state index is -2.98. The van der Waals surface area contributed by atoms with Crippen LogP contribution < -0.4 is 5.32 Å². The number of sulfone groups is 1. The van der Waals surface area contributed by atoms with Crippen molar-refractivity contribution in [2.45, 2.75) is 18.9 Å². The number of carbonyl (C=O) groups excluding carboxylic acids is 1. The molecule has 0 spiro atoms. The van der Waals surface area contributed by atoms with Crippen molar-refractivity contribution in [3.63, 3.8) is 0 Å². The van der Waals surface area contributed by atoms with Gasteiger partial charge in [0.2, 0.25) is 0 Å². The highest BCUT2D eigenvalue weighted by atomic mass is 79.9. The van der Waals surface area contributed by atoms with Gasteiger partial charge in [-0.2, -0.15) is 0 Å². The molecule has 1 atom stereocenters. The SMILES string of the molecule is O=C(Cc1ccccc1Br)CC1CS(=O)(=O)CCN1. The standard InChI is InChI=1S/C13H16BrNO3S/c14-13-4-2-1-3-10(13)7-12(16)8-11-9-19(17,18)6-5-15-11/h1-4,11,15H,5-9H2. The second-order valence-corrected chi connectivity index (χ2v) is 7.86. The van der Waals surface area contributed by atoms with Gasteiger partial charge in [0.05, 0.1) is 11.5 Å². The minimum Gasteiger partial charge on any atom is -0.312 e. The van der Waals surface area contributed by atoms with Crippen LogP contribution in [-0.4, -0.2) is 38.3 Å². The number of Topliss-reactive ketones (excluding diaryl/α,β-unsaturated/α-hetero) is 1. The lowest BCUT2D eigenvalue weighted by Gasteiger charge is -2.23. The zero-order chi connectivity index (χ0) is 13.9. The summed E-state index contributed by atoms with van der Waals surface area (Å²) in [5.74, 6) is 0.290. The topological polar surface area (TPSA) is 63.2 Å². The molecule has 6 heteroatoms. The van der Waals surface area contributed by atoms with Crippen LogP contribution in [0.1, 0.15) is 12.0 Å². The Morgan fingerprint density at radius 3 is 2.79 bits per heavy atom. The second-order valence-electron chi connectivity index (χ2n) is 4.78. The zero-order valence-corrected chi connectivity index (χ0v) is 12.8. The molecule has 0 aromatic heterocycles. The second kappa shape index (κ2) is 6.15. The number of carbonyl (C=O) groups is 1. The smallest absolute Gasteiger partial charge is 0.153 e. The quantitative estimate of drug-likeness (QED) is 0.894. The molecular weight excluding hydrogens is 330 g/mol. The fourth-order valence-electron chi connectivity index (χ4n) is 2.20. The van der Waals surface area contributed by atoms with E-state index in [-0.39, 0.29) is 29.8 Å². The Morgan fingerprint density at radius 1 is 1.37 bits per heavy atom. The minimum absolute atomic E-state index is 0.0569. The monoisotopic (exact) mass is 345 g/mol. The Morgan fingerprint density at radius 2 is 2.11 bits per heavy atom. The Balaban J connectivity index is 1.93. The normalized spacial score (nSPS) is 22.1. The molecule has 1 aromatic rings. The van der Waals surface area contributed by atoms with Crippen LogP contribution in [-0.2, 0) is 21.1 Å². The maximum absolute atomic E-state index is 12.0. The summed E-state index contributed by atoms with van der Waals surface area (Å²) in [7, 11) is -2.98. The van der Waals surface area contributed by atoms with Crippen molar-refractivity contribution in [2.24, 2.45) is 0 Å². The summed E-state index contributed by atoms with van der Waals surface area (Å²) in [5.41, 5.74) is 0.936. The van der Waals surface area contributed by atoms with Gasteiger partial charge in [-0.1, -0.05) is 34.1 Å². The molecule has 4 nitrogen and oxygen atoms in total. The van der Waals surface area contributed by atoms with E-state index in [0.717, 1.165) is 10.0 Å². The van der Waals surface area contributed by atoms with E-state index in [1.54, 1.807) is 0 Å². The van der Waals surface area contributed by atoms with E-state index in [9.17, 15) is 13.2 Å². The first-order chi connectivity index (χ1) is 8.96. The number of ketones is 1. The van der Waals surface area contributed by atoms with Crippen LogP contribution in [0.4, 0.5) is 0 Å². The number of nitrogens with one attached hydrogen (secondary N) is 1. The highest BCUT2D eigenvalue weighted by molar-refractivity contribution is 9.10. The van der Waals surface area contributed by atoms with Gasteiger partial charge in [-0.25, -0.2) is 8.42 Å². The fraction of sp³-hybridized carbons (Fsp3) is 0.462. The molecule has 1 aliphatic heterocycles. The predicted octanol–water partition coefficient (Wildman–Crippen LogP) is 1.34. The van der Waals surface area contributed by atoms with E-state index in [0.29, 0.717) is 13.0 Å². The van der Waals surface area contributed by atoms with Crippen LogP contribution in [0.2, 0.25) is 0 Å². The molecule has 104 valence electrons. The van der Waals surface area contributed by atoms with Crippen LogP contribution in [0.25, 0.3) is 0 Å². The van der Waals surface area contributed by atoms with E-state index in [1.165, 1.54) is 0 Å². The number of hydrogen-bond acceptors (Lipinski definition) is 4. The van der Waals surface area contributed by atoms with E-state index < -0.39 is 9.84 Å². The first-order valence-electron chi connectivity index (χ1n) is 6.15. The highest BCUT2D eigenvalue weighted by Crippen LogP contribution is 2.17. The molecule has 0 bridgehead atoms. The largest absolute Gasteiger partial charge is 0.312 e. The Kier molecular flexibility index (Phi) is 4.76. The molecule has 0 amide bonds. The van der Waals surface area contributed by atoms with Crippen molar-refractivity contribution in [1.29, 1.82) is 0 Å². The predicted molar refractivity (Wildman–Crippen MR) is 77.9 cm³/mol. The highest BCUT2D eigenvalue weighted by Gasteiger charge is 2.25. The van der Waals surface area contributed by atoms with Gasteiger partial charge in [0.25, 0.3) is 0 Å². The van der Waals surface area contributed by atoms with Gasteiger partial charge in [0.1, 0.15) is 5.78 Å². The van der Waals surface area contributed by atoms with Gasteiger partial charge < -0.3 is 5.32 Å². The summed E-state index contributed by atoms with van der Waals surface area (Å²) in [6.07, 6.45) is 0.597. The van der Waals surface area contributed by atoms with Gasteiger partial charge >= 0.3 is 0 Å². The lowest BCUT2D eigenvalue weighted by atomic mass is 10.0. The summed E-state index contributed by atoms with van der Waals surface area (Å²) in [4.78, 5) is 12.0. The van der Waals surface area contributed by atoms with Gasteiger partial charge in [-0.05, 0) is 11.6 Å². The first-order valence-corrected chi connectivity index (χ1v) is 8.76. The molecule has 0 radical (unpaired) electrons. The van der Waals surface area contributed by atoms with E-state index >= 15 is 0 Å². The molecule has 2 rings (SSSR count). The van der Waals surface area contributed by atoms with E-state index in [1.807, 2.05) is 24.3 Å². The number of rotatable bonds is 4. The molecule has 1 heterocycles. The van der Waals surface area contributed by atoms with Crippen LogP contribution in [0.15, 0.2) is 28.7 Å². The lowest BCUT2D eigenvalue weighted by molar-refractivity contribution is -0.118. The Labute approximate surface area is 121 Å². The molecule has 1 aromatic carbocycles. The van der Waals surface area contributed by atoms with Crippen molar-refractivity contribution in [1.82, 2.24) is 5.32 Å². The maximum atomic E-state index is 12.0. The van der Waals surface area contributed by atoms with Gasteiger partial charge in [0, 0.05) is 29.9 Å². The number of hydrogen-bond donors (Lipinski definition) is 1. The van der Waals surface area contributed by atoms with Crippen molar-refractivity contribution < 1.29 is 13.2 Å². The number of benzene rings is 1. The lowest BCUT2D eigenvalue weighted by Crippen LogP contribution is -2.46.